The molecule has 16 heavy (non-hydrogen) atoms. The van der Waals surface area contributed by atoms with Gasteiger partial charge in [0, 0.05) is 6.20 Å². The van der Waals surface area contributed by atoms with E-state index < -0.39 is 0 Å². The van der Waals surface area contributed by atoms with Crippen LogP contribution >= 0.6 is 0 Å². The SMILES string of the molecule is O=C1NC=NN2C1=CNC2C1CCCCC1. The summed E-state index contributed by atoms with van der Waals surface area (Å²) >= 11 is 0. The van der Waals surface area contributed by atoms with Crippen molar-refractivity contribution < 1.29 is 4.79 Å². The lowest BCUT2D eigenvalue weighted by Crippen LogP contribution is -2.45. The lowest BCUT2D eigenvalue weighted by atomic mass is 9.87. The number of hydrogen-bond donors (Lipinski definition) is 2. The smallest absolute Gasteiger partial charge is 0.276 e. The van der Waals surface area contributed by atoms with Gasteiger partial charge in [-0.25, -0.2) is 5.01 Å². The molecule has 1 fully saturated rings. The van der Waals surface area contributed by atoms with Crippen molar-refractivity contribution in [1.29, 1.82) is 0 Å². The minimum absolute atomic E-state index is 0.0687. The van der Waals surface area contributed by atoms with Crippen LogP contribution in [0.5, 0.6) is 0 Å². The number of rotatable bonds is 1. The zero-order valence-corrected chi connectivity index (χ0v) is 9.15. The van der Waals surface area contributed by atoms with Crippen LogP contribution in [0, 0.1) is 5.92 Å². The molecule has 1 amide bonds. The fraction of sp³-hybridized carbons (Fsp3) is 0.636. The van der Waals surface area contributed by atoms with E-state index in [0.717, 1.165) is 0 Å². The summed E-state index contributed by atoms with van der Waals surface area (Å²) in [7, 11) is 0. The topological polar surface area (TPSA) is 56.7 Å². The Kier molecular flexibility index (Phi) is 2.31. The standard InChI is InChI=1S/C11H16N4O/c16-11-9-6-12-10(15(9)14-7-13-11)8-4-2-1-3-5-8/h6-8,10,12H,1-5H2,(H,13,14,16). The predicted octanol–water partition coefficient (Wildman–Crippen LogP) is 0.712. The van der Waals surface area contributed by atoms with E-state index in [4.69, 9.17) is 0 Å². The summed E-state index contributed by atoms with van der Waals surface area (Å²) in [6.07, 6.45) is 9.82. The van der Waals surface area contributed by atoms with Gasteiger partial charge in [0.15, 0.2) is 0 Å². The zero-order chi connectivity index (χ0) is 11.0. The Balaban J connectivity index is 1.77. The van der Waals surface area contributed by atoms with Gasteiger partial charge in [0.1, 0.15) is 18.2 Å². The molecule has 1 aliphatic carbocycles. The number of fused-ring (bicyclic) bond motifs is 1. The highest BCUT2D eigenvalue weighted by Crippen LogP contribution is 2.32. The summed E-state index contributed by atoms with van der Waals surface area (Å²) < 4.78 is 0. The first kappa shape index (κ1) is 9.69. The first-order valence-corrected chi connectivity index (χ1v) is 5.95. The molecule has 3 aliphatic rings. The van der Waals surface area contributed by atoms with E-state index in [2.05, 4.69) is 15.7 Å². The quantitative estimate of drug-likeness (QED) is 0.684. The van der Waals surface area contributed by atoms with E-state index in [1.807, 2.05) is 5.01 Å². The Morgan fingerprint density at radius 2 is 2.12 bits per heavy atom. The summed E-state index contributed by atoms with van der Waals surface area (Å²) in [6, 6.07) is 0. The molecule has 0 aromatic heterocycles. The van der Waals surface area contributed by atoms with Crippen LogP contribution < -0.4 is 10.6 Å². The van der Waals surface area contributed by atoms with E-state index in [1.54, 1.807) is 6.20 Å². The van der Waals surface area contributed by atoms with Crippen molar-refractivity contribution in [1.82, 2.24) is 15.6 Å². The fourth-order valence-corrected chi connectivity index (χ4v) is 2.76. The van der Waals surface area contributed by atoms with E-state index >= 15 is 0 Å². The van der Waals surface area contributed by atoms with E-state index in [9.17, 15) is 4.79 Å². The van der Waals surface area contributed by atoms with Crippen LogP contribution in [0.4, 0.5) is 0 Å². The van der Waals surface area contributed by atoms with Crippen LogP contribution in [0.2, 0.25) is 0 Å². The maximum atomic E-state index is 11.6. The molecule has 5 heteroatoms. The van der Waals surface area contributed by atoms with Gasteiger partial charge >= 0.3 is 0 Å². The first-order valence-electron chi connectivity index (χ1n) is 5.95. The normalized spacial score (nSPS) is 29.5. The Labute approximate surface area is 94.6 Å². The number of amides is 1. The molecule has 5 nitrogen and oxygen atoms in total. The average molecular weight is 220 g/mol. The molecule has 2 aliphatic heterocycles. The van der Waals surface area contributed by atoms with Crippen molar-refractivity contribution in [3.05, 3.63) is 11.9 Å². The maximum Gasteiger partial charge on any atom is 0.276 e. The molecule has 0 aromatic carbocycles. The largest absolute Gasteiger partial charge is 0.368 e. The number of hydrazone groups is 1. The highest BCUT2D eigenvalue weighted by molar-refractivity contribution is 6.01. The first-order chi connectivity index (χ1) is 7.86. The van der Waals surface area contributed by atoms with Crippen molar-refractivity contribution in [2.75, 3.05) is 0 Å². The van der Waals surface area contributed by atoms with Gasteiger partial charge in [-0.1, -0.05) is 19.3 Å². The molecular weight excluding hydrogens is 204 g/mol. The van der Waals surface area contributed by atoms with E-state index in [-0.39, 0.29) is 12.1 Å². The third-order valence-corrected chi connectivity index (χ3v) is 3.61. The predicted molar refractivity (Wildman–Crippen MR) is 60.1 cm³/mol. The third-order valence-electron chi connectivity index (χ3n) is 3.61. The Morgan fingerprint density at radius 3 is 2.94 bits per heavy atom. The Hall–Kier alpha value is -1.52. The van der Waals surface area contributed by atoms with Gasteiger partial charge in [-0.2, -0.15) is 5.10 Å². The summed E-state index contributed by atoms with van der Waals surface area (Å²) in [5.74, 6) is 0.534. The highest BCUT2D eigenvalue weighted by Gasteiger charge is 2.37. The fourth-order valence-electron chi connectivity index (χ4n) is 2.76. The van der Waals surface area contributed by atoms with Crippen LogP contribution in [0.3, 0.4) is 0 Å². The molecule has 1 atom stereocenters. The van der Waals surface area contributed by atoms with Crippen molar-refractivity contribution in [3.8, 4) is 0 Å². The average Bonchev–Trinajstić information content (AvgIpc) is 2.75. The summed E-state index contributed by atoms with van der Waals surface area (Å²) in [6.45, 7) is 0. The number of nitrogens with zero attached hydrogens (tertiary/aromatic N) is 2. The summed E-state index contributed by atoms with van der Waals surface area (Å²) in [5.41, 5.74) is 0.637. The lowest BCUT2D eigenvalue weighted by molar-refractivity contribution is -0.118. The second-order valence-electron chi connectivity index (χ2n) is 4.60. The van der Waals surface area contributed by atoms with Crippen LogP contribution in [-0.2, 0) is 4.79 Å². The molecule has 1 saturated carbocycles. The van der Waals surface area contributed by atoms with Crippen LogP contribution in [0.15, 0.2) is 17.0 Å². The van der Waals surface area contributed by atoms with E-state index in [1.165, 1.54) is 38.4 Å². The van der Waals surface area contributed by atoms with Gasteiger partial charge < -0.3 is 10.6 Å². The molecule has 0 bridgehead atoms. The molecule has 2 N–H and O–H groups in total. The van der Waals surface area contributed by atoms with Gasteiger partial charge in [0.25, 0.3) is 5.91 Å². The van der Waals surface area contributed by atoms with E-state index in [0.29, 0.717) is 11.6 Å². The highest BCUT2D eigenvalue weighted by atomic mass is 16.2. The molecule has 3 rings (SSSR count). The maximum absolute atomic E-state index is 11.6. The van der Waals surface area contributed by atoms with Gasteiger partial charge in [0.2, 0.25) is 0 Å². The molecule has 2 heterocycles. The number of carbonyl (C=O) groups is 1. The van der Waals surface area contributed by atoms with Crippen molar-refractivity contribution in [2.45, 2.75) is 38.3 Å². The molecule has 0 spiro atoms. The lowest BCUT2D eigenvalue weighted by Gasteiger charge is -2.33. The number of hydrogen-bond acceptors (Lipinski definition) is 4. The Bertz CT molecular complexity index is 357. The molecule has 0 radical (unpaired) electrons. The van der Waals surface area contributed by atoms with Crippen molar-refractivity contribution >= 4 is 12.2 Å². The minimum Gasteiger partial charge on any atom is -0.368 e. The monoisotopic (exact) mass is 220 g/mol. The molecule has 0 saturated heterocycles. The number of nitrogens with one attached hydrogen (secondary N) is 2. The van der Waals surface area contributed by atoms with Crippen molar-refractivity contribution in [3.63, 3.8) is 0 Å². The van der Waals surface area contributed by atoms with Gasteiger partial charge in [-0.15, -0.1) is 0 Å². The van der Waals surface area contributed by atoms with Gasteiger partial charge in [-0.05, 0) is 18.8 Å². The Morgan fingerprint density at radius 1 is 1.31 bits per heavy atom. The van der Waals surface area contributed by atoms with Crippen molar-refractivity contribution in [2.24, 2.45) is 11.0 Å². The summed E-state index contributed by atoms with van der Waals surface area (Å²) in [5, 5.41) is 12.0. The second-order valence-corrected chi connectivity index (χ2v) is 4.60. The van der Waals surface area contributed by atoms with Gasteiger partial charge in [-0.3, -0.25) is 4.79 Å². The van der Waals surface area contributed by atoms with Gasteiger partial charge in [0.05, 0.1) is 0 Å². The minimum atomic E-state index is -0.0687. The van der Waals surface area contributed by atoms with Crippen LogP contribution in [-0.4, -0.2) is 23.4 Å². The molecule has 0 aromatic rings. The second kappa shape index (κ2) is 3.81. The molecular formula is C11H16N4O. The third kappa shape index (κ3) is 1.47. The molecule has 1 unspecified atom stereocenters. The van der Waals surface area contributed by atoms with Crippen LogP contribution in [0.1, 0.15) is 32.1 Å². The zero-order valence-electron chi connectivity index (χ0n) is 9.15. The summed E-state index contributed by atoms with van der Waals surface area (Å²) in [4.78, 5) is 11.6. The van der Waals surface area contributed by atoms with Crippen LogP contribution in [0.25, 0.3) is 0 Å². The molecule has 86 valence electrons. The number of carbonyl (C=O) groups excluding carboxylic acids is 1.